The fraction of sp³-hybridized carbons (Fsp3) is 0.350. The minimum absolute atomic E-state index is 0.0417. The van der Waals surface area contributed by atoms with E-state index >= 15 is 0 Å². The van der Waals surface area contributed by atoms with Gasteiger partial charge in [-0.05, 0) is 61.1 Å². The molecule has 2 N–H and O–H groups in total. The number of nitrogens with zero attached hydrogens (tertiary/aromatic N) is 2. The minimum atomic E-state index is -0.447. The van der Waals surface area contributed by atoms with E-state index in [9.17, 15) is 14.8 Å². The molecular formula is C20H21N3O3. The summed E-state index contributed by atoms with van der Waals surface area (Å²) >= 11 is 0. The topological polar surface area (TPSA) is 82.5 Å². The van der Waals surface area contributed by atoms with Crippen LogP contribution in [-0.4, -0.2) is 33.6 Å². The van der Waals surface area contributed by atoms with Gasteiger partial charge in [-0.25, -0.2) is 5.06 Å². The lowest BCUT2D eigenvalue weighted by Crippen LogP contribution is -2.36. The molecule has 6 heteroatoms. The van der Waals surface area contributed by atoms with Gasteiger partial charge in [0, 0.05) is 18.3 Å². The number of benzene rings is 1. The number of fused-ring (bicyclic) bond motifs is 1. The van der Waals surface area contributed by atoms with Gasteiger partial charge in [-0.15, -0.1) is 0 Å². The first-order valence-electron chi connectivity index (χ1n) is 8.88. The Balaban J connectivity index is 1.51. The van der Waals surface area contributed by atoms with Gasteiger partial charge in [-0.3, -0.25) is 19.8 Å². The Kier molecular flexibility index (Phi) is 4.20. The second-order valence-corrected chi connectivity index (χ2v) is 7.13. The number of nitrogens with one attached hydrogen (secondary N) is 1. The molecule has 0 saturated carbocycles. The standard InChI is InChI=1S/C20H21N3O3/c24-18(23(26)13-17-3-1-2-9-21-17)15-4-5-16-12-20(7-6-14(16)11-15)8-10-22-19(20)25/h1-5,9,11,26H,6-8,10,12-13H2,(H,22,25)/t20-/m0/s1. The molecule has 2 aromatic rings. The average Bonchev–Trinajstić information content (AvgIpc) is 3.01. The van der Waals surface area contributed by atoms with Crippen molar-refractivity contribution in [2.45, 2.75) is 32.2 Å². The molecule has 134 valence electrons. The van der Waals surface area contributed by atoms with Gasteiger partial charge >= 0.3 is 0 Å². The summed E-state index contributed by atoms with van der Waals surface area (Å²) < 4.78 is 0. The van der Waals surface area contributed by atoms with Gasteiger partial charge in [-0.1, -0.05) is 12.1 Å². The number of pyridine rings is 1. The van der Waals surface area contributed by atoms with Crippen molar-refractivity contribution >= 4 is 11.8 Å². The molecule has 1 saturated heterocycles. The van der Waals surface area contributed by atoms with E-state index in [4.69, 9.17) is 0 Å². The summed E-state index contributed by atoms with van der Waals surface area (Å²) in [6, 6.07) is 10.9. The van der Waals surface area contributed by atoms with E-state index in [1.54, 1.807) is 24.4 Å². The molecule has 2 heterocycles. The van der Waals surface area contributed by atoms with Crippen molar-refractivity contribution in [2.75, 3.05) is 6.54 Å². The van der Waals surface area contributed by atoms with E-state index in [1.807, 2.05) is 18.2 Å². The molecule has 6 nitrogen and oxygen atoms in total. The number of hydroxylamine groups is 2. The molecule has 2 aliphatic rings. The van der Waals surface area contributed by atoms with Crippen LogP contribution in [0.5, 0.6) is 0 Å². The second kappa shape index (κ2) is 6.53. The van der Waals surface area contributed by atoms with E-state index in [0.717, 1.165) is 43.4 Å². The smallest absolute Gasteiger partial charge is 0.277 e. The maximum Gasteiger partial charge on any atom is 0.277 e. The first kappa shape index (κ1) is 16.7. The van der Waals surface area contributed by atoms with E-state index in [1.165, 1.54) is 0 Å². The predicted octanol–water partition coefficient (Wildman–Crippen LogP) is 2.11. The van der Waals surface area contributed by atoms with Gasteiger partial charge in [0.2, 0.25) is 5.91 Å². The van der Waals surface area contributed by atoms with Crippen molar-refractivity contribution in [3.05, 3.63) is 65.0 Å². The van der Waals surface area contributed by atoms with Gasteiger partial charge in [0.15, 0.2) is 0 Å². The summed E-state index contributed by atoms with van der Waals surface area (Å²) in [7, 11) is 0. The minimum Gasteiger partial charge on any atom is -0.356 e. The van der Waals surface area contributed by atoms with Crippen LogP contribution in [0.1, 0.15) is 40.0 Å². The molecular weight excluding hydrogens is 330 g/mol. The third-order valence-electron chi connectivity index (χ3n) is 5.50. The van der Waals surface area contributed by atoms with Gasteiger partial charge in [0.1, 0.15) is 0 Å². The van der Waals surface area contributed by atoms with Crippen molar-refractivity contribution in [3.8, 4) is 0 Å². The number of amides is 2. The molecule has 0 radical (unpaired) electrons. The molecule has 1 spiro atoms. The highest BCUT2D eigenvalue weighted by atomic mass is 16.5. The molecule has 4 rings (SSSR count). The molecule has 1 fully saturated rings. The van der Waals surface area contributed by atoms with Crippen molar-refractivity contribution in [2.24, 2.45) is 5.41 Å². The lowest BCUT2D eigenvalue weighted by atomic mass is 9.70. The van der Waals surface area contributed by atoms with Gasteiger partial charge in [0.25, 0.3) is 5.91 Å². The van der Waals surface area contributed by atoms with Crippen LogP contribution >= 0.6 is 0 Å². The highest BCUT2D eigenvalue weighted by molar-refractivity contribution is 5.93. The quantitative estimate of drug-likeness (QED) is 0.655. The highest BCUT2D eigenvalue weighted by Gasteiger charge is 2.44. The molecule has 1 aromatic carbocycles. The summed E-state index contributed by atoms with van der Waals surface area (Å²) in [5, 5.41) is 13.8. The normalized spacial score (nSPS) is 21.3. The number of carbonyl (C=O) groups excluding carboxylic acids is 2. The van der Waals surface area contributed by atoms with Gasteiger partial charge in [-0.2, -0.15) is 0 Å². The SMILES string of the molecule is O=C(c1ccc2c(c1)CC[C@]1(CCNC1=O)C2)N(O)Cc1ccccn1. The van der Waals surface area contributed by atoms with Crippen LogP contribution in [0.2, 0.25) is 0 Å². The Morgan fingerprint density at radius 1 is 1.23 bits per heavy atom. The van der Waals surface area contributed by atoms with Crippen molar-refractivity contribution in [1.29, 1.82) is 0 Å². The Bertz CT molecular complexity index is 853. The number of rotatable bonds is 3. The first-order chi connectivity index (χ1) is 12.6. The van der Waals surface area contributed by atoms with Crippen LogP contribution in [0.15, 0.2) is 42.6 Å². The van der Waals surface area contributed by atoms with Crippen molar-refractivity contribution < 1.29 is 14.8 Å². The Morgan fingerprint density at radius 3 is 2.85 bits per heavy atom. The molecule has 2 amide bonds. The van der Waals surface area contributed by atoms with Crippen LogP contribution in [-0.2, 0) is 24.2 Å². The maximum absolute atomic E-state index is 12.5. The summed E-state index contributed by atoms with van der Waals surface area (Å²) in [4.78, 5) is 28.8. The van der Waals surface area contributed by atoms with Gasteiger partial charge in [0.05, 0.1) is 17.7 Å². The molecule has 0 bridgehead atoms. The molecule has 1 aliphatic carbocycles. The predicted molar refractivity (Wildman–Crippen MR) is 94.4 cm³/mol. The lowest BCUT2D eigenvalue weighted by molar-refractivity contribution is -0.128. The summed E-state index contributed by atoms with van der Waals surface area (Å²) in [5.74, 6) is -0.294. The highest BCUT2D eigenvalue weighted by Crippen LogP contribution is 2.41. The number of aromatic nitrogens is 1. The zero-order valence-corrected chi connectivity index (χ0v) is 14.4. The van der Waals surface area contributed by atoms with E-state index in [-0.39, 0.29) is 17.9 Å². The molecule has 1 aliphatic heterocycles. The monoisotopic (exact) mass is 351 g/mol. The zero-order valence-electron chi connectivity index (χ0n) is 14.4. The maximum atomic E-state index is 12.5. The Labute approximate surface area is 151 Å². The summed E-state index contributed by atoms with van der Waals surface area (Å²) in [5.41, 5.74) is 3.01. The Morgan fingerprint density at radius 2 is 2.12 bits per heavy atom. The lowest BCUT2D eigenvalue weighted by Gasteiger charge is -2.32. The van der Waals surface area contributed by atoms with Crippen LogP contribution in [0.25, 0.3) is 0 Å². The van der Waals surface area contributed by atoms with Crippen LogP contribution in [0.3, 0.4) is 0 Å². The molecule has 26 heavy (non-hydrogen) atoms. The van der Waals surface area contributed by atoms with Crippen molar-refractivity contribution in [1.82, 2.24) is 15.4 Å². The summed E-state index contributed by atoms with van der Waals surface area (Å²) in [6.45, 7) is 0.789. The van der Waals surface area contributed by atoms with Crippen LogP contribution in [0, 0.1) is 5.41 Å². The third-order valence-corrected chi connectivity index (χ3v) is 5.50. The number of hydrogen-bond donors (Lipinski definition) is 2. The molecule has 1 aromatic heterocycles. The van der Waals surface area contributed by atoms with Crippen molar-refractivity contribution in [3.63, 3.8) is 0 Å². The van der Waals surface area contributed by atoms with Crippen LogP contribution < -0.4 is 5.32 Å². The van der Waals surface area contributed by atoms with Gasteiger partial charge < -0.3 is 5.32 Å². The average molecular weight is 351 g/mol. The second-order valence-electron chi connectivity index (χ2n) is 7.13. The largest absolute Gasteiger partial charge is 0.356 e. The number of hydrogen-bond acceptors (Lipinski definition) is 4. The molecule has 0 unspecified atom stereocenters. The van der Waals surface area contributed by atoms with Crippen LogP contribution in [0.4, 0.5) is 0 Å². The number of aryl methyl sites for hydroxylation is 1. The third kappa shape index (κ3) is 2.97. The van der Waals surface area contributed by atoms with E-state index in [0.29, 0.717) is 16.3 Å². The first-order valence-corrected chi connectivity index (χ1v) is 8.88. The molecule has 1 atom stereocenters. The fourth-order valence-electron chi connectivity index (χ4n) is 3.98. The Hall–Kier alpha value is -2.73. The van der Waals surface area contributed by atoms with E-state index < -0.39 is 5.91 Å². The van der Waals surface area contributed by atoms with E-state index in [2.05, 4.69) is 10.3 Å². The fourth-order valence-corrected chi connectivity index (χ4v) is 3.98. The zero-order chi connectivity index (χ0) is 18.1. The summed E-state index contributed by atoms with van der Waals surface area (Å²) in [6.07, 6.45) is 4.80. The number of carbonyl (C=O) groups is 2.